The summed E-state index contributed by atoms with van der Waals surface area (Å²) >= 11 is 0. The van der Waals surface area contributed by atoms with Crippen LogP contribution in [0.1, 0.15) is 154 Å². The normalized spacial score (nSPS) is 24.8. The van der Waals surface area contributed by atoms with E-state index in [9.17, 15) is 66.0 Å². The molecule has 3 aromatic carbocycles. The van der Waals surface area contributed by atoms with Crippen molar-refractivity contribution in [2.24, 2.45) is 46.2 Å². The smallest absolute Gasteiger partial charge is 0.312 e. The maximum Gasteiger partial charge on any atom is 0.312 e. The Bertz CT molecular complexity index is 4130. The van der Waals surface area contributed by atoms with E-state index in [1.165, 1.54) is 43.3 Å². The number of alkyl halides is 2. The predicted molar refractivity (Wildman–Crippen MR) is 407 cm³/mol. The number of fused-ring (bicyclic) bond motifs is 9. The van der Waals surface area contributed by atoms with Gasteiger partial charge in [-0.1, -0.05) is 82.4 Å². The van der Waals surface area contributed by atoms with Gasteiger partial charge in [-0.05, 0) is 136 Å². The monoisotopic (exact) mass is 1580 g/mol. The fraction of sp³-hybridized carbons (Fsp3) is 0.585. The molecule has 2 aliphatic heterocycles. The lowest BCUT2D eigenvalue weighted by Gasteiger charge is -2.63. The number of hydrogen-bond donors (Lipinski definition) is 7. The van der Waals surface area contributed by atoms with E-state index >= 15 is 8.78 Å². The number of aliphatic hydroxyl groups is 1. The second kappa shape index (κ2) is 40.0. The molecule has 0 bridgehead atoms. The van der Waals surface area contributed by atoms with Gasteiger partial charge in [0.15, 0.2) is 29.1 Å². The van der Waals surface area contributed by atoms with Crippen molar-refractivity contribution in [2.75, 3.05) is 88.5 Å². The standard InChI is InChI=1S/C82H106F2N6O21S/c1-6-13-74-110-71-48-63-64-47-66(83)65-46-60(92)30-32-79(65,4)81(64,84)69(95)49-80(63,5)82(71,111-74)70(96)51-109-62-26-23-58(24-27-62)88-76(99)55(17-11-33-87-78(85)101)45-68(94)75(52(2)3)89-77(100)56(22-28-72(97)86-34-43-112(102,103)104)44-61(93)31-36-106-38-40-108-42-41-107-39-37-105-35-12-18-59(91)25-29-73(98)90-50-57-16-8-7-14-53(57)20-21-54-15-9-10-19-67(54)90/h7-10,14-16,19,23-24,26-27,30,32,46,52,55-56,63-64,66,69,71,74-75,95H,6,11-13,17-18,22,25,28-29,31,33-45,47-51H2,1-5H3,(H,86,97)(H,88,99)(H,89,100)(H3,85,87,101)(H,102,103,104)/t55-,56+,63+,64+,66+,69+,71-,74?,75+,79+,80+,81+,82-/m1/s1. The summed E-state index contributed by atoms with van der Waals surface area (Å²) in [5.41, 5.74) is 1.76. The molecule has 30 heteroatoms. The number of carbonyl (C=O) groups is 10. The van der Waals surface area contributed by atoms with Crippen LogP contribution in [0, 0.1) is 52.3 Å². The number of nitrogens with zero attached hydrogens (tertiary/aromatic N) is 1. The molecule has 6 aliphatic rings. The van der Waals surface area contributed by atoms with Crippen LogP contribution in [-0.4, -0.2) is 197 Å². The molecule has 9 rings (SSSR count). The van der Waals surface area contributed by atoms with Crippen molar-refractivity contribution in [3.8, 4) is 17.6 Å². The van der Waals surface area contributed by atoms with Crippen molar-refractivity contribution < 1.29 is 108 Å². The molecular weight excluding hydrogens is 1470 g/mol. The summed E-state index contributed by atoms with van der Waals surface area (Å²) in [7, 11) is -4.41. The zero-order valence-electron chi connectivity index (χ0n) is 64.3. The molecule has 1 saturated heterocycles. The van der Waals surface area contributed by atoms with Gasteiger partial charge in [0.2, 0.25) is 29.4 Å². The number of nitrogens with one attached hydrogen (secondary N) is 4. The number of benzene rings is 3. The highest BCUT2D eigenvalue weighted by Gasteiger charge is 2.80. The molecule has 1 unspecified atom stereocenters. The van der Waals surface area contributed by atoms with Crippen LogP contribution < -0.4 is 36.6 Å². The number of nitrogens with two attached hydrogens (primary N) is 1. The first-order valence-corrected chi connectivity index (χ1v) is 40.3. The Morgan fingerprint density at radius 1 is 0.750 bits per heavy atom. The largest absolute Gasteiger partial charge is 0.486 e. The number of anilines is 2. The van der Waals surface area contributed by atoms with Crippen molar-refractivity contribution in [3.05, 3.63) is 113 Å². The fourth-order valence-corrected chi connectivity index (χ4v) is 17.0. The van der Waals surface area contributed by atoms with Crippen molar-refractivity contribution >= 4 is 80.1 Å². The van der Waals surface area contributed by atoms with E-state index < -0.39 is 165 Å². The Morgan fingerprint density at radius 2 is 1.41 bits per heavy atom. The topological polar surface area (TPSA) is 387 Å². The number of hydrogen-bond acceptors (Lipinski definition) is 20. The van der Waals surface area contributed by atoms with Crippen molar-refractivity contribution in [1.29, 1.82) is 0 Å². The van der Waals surface area contributed by atoms with E-state index in [1.54, 1.807) is 25.7 Å². The number of para-hydroxylation sites is 1. The molecule has 27 nitrogen and oxygen atoms in total. The number of ketones is 5. The summed E-state index contributed by atoms with van der Waals surface area (Å²) in [5, 5.41) is 22.4. The van der Waals surface area contributed by atoms with Crippen LogP contribution in [0.2, 0.25) is 0 Å². The molecule has 610 valence electrons. The molecule has 3 saturated carbocycles. The third-order valence-corrected chi connectivity index (χ3v) is 23.2. The zero-order valence-corrected chi connectivity index (χ0v) is 65.1. The number of halogens is 2. The molecule has 4 aliphatic carbocycles. The van der Waals surface area contributed by atoms with Crippen molar-refractivity contribution in [2.45, 2.75) is 186 Å². The van der Waals surface area contributed by atoms with Crippen molar-refractivity contribution in [1.82, 2.24) is 16.0 Å². The summed E-state index contributed by atoms with van der Waals surface area (Å²) < 4.78 is 108. The molecular formula is C82H106F2N6O21S. The van der Waals surface area contributed by atoms with Gasteiger partial charge in [-0.15, -0.1) is 0 Å². The highest BCUT2D eigenvalue weighted by atomic mass is 32.2. The molecule has 13 atom stereocenters. The first-order valence-electron chi connectivity index (χ1n) is 38.7. The molecule has 6 amide bonds. The number of Topliss-reactive ketones (excluding diaryl/α,β-unsaturated/α-hetero) is 4. The molecule has 112 heavy (non-hydrogen) atoms. The number of ether oxygens (including phenoxy) is 7. The first-order chi connectivity index (χ1) is 53.4. The van der Waals surface area contributed by atoms with E-state index in [-0.39, 0.29) is 152 Å². The summed E-state index contributed by atoms with van der Waals surface area (Å²) in [6, 6.07) is 19.1. The van der Waals surface area contributed by atoms with Crippen LogP contribution >= 0.6 is 0 Å². The van der Waals surface area contributed by atoms with E-state index in [0.717, 1.165) is 22.8 Å². The van der Waals surface area contributed by atoms with Crippen LogP contribution in [0.25, 0.3) is 0 Å². The summed E-state index contributed by atoms with van der Waals surface area (Å²) in [5.74, 6) is -2.98. The van der Waals surface area contributed by atoms with E-state index in [1.807, 2.05) is 55.5 Å². The zero-order chi connectivity index (χ0) is 81.0. The fourth-order valence-electron chi connectivity index (χ4n) is 16.6. The number of aliphatic hydroxyl groups excluding tert-OH is 1. The molecule has 8 N–H and O–H groups in total. The molecule has 3 aromatic rings. The van der Waals surface area contributed by atoms with E-state index in [0.29, 0.717) is 44.7 Å². The predicted octanol–water partition coefficient (Wildman–Crippen LogP) is 7.84. The molecule has 2 heterocycles. The van der Waals surface area contributed by atoms with Gasteiger partial charge in [-0.2, -0.15) is 8.42 Å². The summed E-state index contributed by atoms with van der Waals surface area (Å²) in [6.45, 7) is 9.56. The maximum absolute atomic E-state index is 18.1. The Balaban J connectivity index is 0.713. The highest BCUT2D eigenvalue weighted by molar-refractivity contribution is 7.85. The van der Waals surface area contributed by atoms with Crippen LogP contribution in [0.4, 0.5) is 25.0 Å². The lowest BCUT2D eigenvalue weighted by Crippen LogP contribution is -2.71. The lowest BCUT2D eigenvalue weighted by molar-refractivity contribution is -0.234. The quantitative estimate of drug-likeness (QED) is 0.0161. The highest BCUT2D eigenvalue weighted by Crippen LogP contribution is 2.72. The number of amides is 6. The third-order valence-electron chi connectivity index (χ3n) is 22.4. The van der Waals surface area contributed by atoms with E-state index in [4.69, 9.17) is 38.9 Å². The van der Waals surface area contributed by atoms with Gasteiger partial charge in [0.1, 0.15) is 30.1 Å². The Hall–Kier alpha value is -8.51. The number of primary amides is 1. The number of carbonyl (C=O) groups excluding carboxylic acids is 10. The number of rotatable bonds is 45. The Morgan fingerprint density at radius 3 is 2.10 bits per heavy atom. The molecule has 0 aromatic heterocycles. The van der Waals surface area contributed by atoms with Gasteiger partial charge in [-0.25, -0.2) is 13.6 Å². The summed E-state index contributed by atoms with van der Waals surface area (Å²) in [6.07, 6.45) is -1.09. The molecule has 0 radical (unpaired) electrons. The minimum Gasteiger partial charge on any atom is -0.486 e. The Labute approximate surface area is 652 Å². The van der Waals surface area contributed by atoms with Gasteiger partial charge in [-0.3, -0.25) is 47.7 Å². The lowest BCUT2D eigenvalue weighted by atomic mass is 9.44. The third kappa shape index (κ3) is 21.9. The number of urea groups is 1. The van der Waals surface area contributed by atoms with Gasteiger partial charge in [0.25, 0.3) is 10.1 Å². The second-order valence-electron chi connectivity index (χ2n) is 30.4. The summed E-state index contributed by atoms with van der Waals surface area (Å²) in [4.78, 5) is 136. The Kier molecular flexibility index (Phi) is 31.2. The van der Waals surface area contributed by atoms with Crippen LogP contribution in [-0.2, 0) is 88.2 Å². The minimum absolute atomic E-state index is 0.0248. The SMILES string of the molecule is CCCC1O[C@@H]2C[C@H]3[C@@H]4C[C@H](F)C5=CC(=O)C=C[C@]5(C)[C@@]4(F)[C@@H](O)C[C@]3(C)[C@]2(C(=O)COc2ccc(NC(=O)[C@H](CCCNC(N)=O)CC(=O)[C@@H](NC(=O)[C@@H](CCC(=O)NCCS(=O)(=O)O)CC(=O)CCOCCOCCOCCOCCCC(=O)CCC(=O)N3Cc4ccccc4C#Cc4ccccc43)C(C)C)cc2)O1. The van der Waals surface area contributed by atoms with Gasteiger partial charge in [0.05, 0.1) is 82.5 Å². The minimum atomic E-state index is -4.41. The number of allylic oxidation sites excluding steroid dienone is 4. The van der Waals surface area contributed by atoms with Crippen LogP contribution in [0.5, 0.6) is 5.75 Å². The first kappa shape index (κ1) is 87.5. The average Bonchev–Trinajstić information content (AvgIpc) is 1.47. The maximum atomic E-state index is 18.1. The van der Waals surface area contributed by atoms with Gasteiger partial charge < -0.3 is 70.2 Å². The average molecular weight is 1580 g/mol. The molecule has 0 spiro atoms. The van der Waals surface area contributed by atoms with Crippen LogP contribution in [0.15, 0.2) is 96.6 Å². The van der Waals surface area contributed by atoms with E-state index in [2.05, 4.69) is 33.1 Å². The van der Waals surface area contributed by atoms with Gasteiger partial charge >= 0.3 is 6.03 Å². The second-order valence-corrected chi connectivity index (χ2v) is 32.0. The van der Waals surface area contributed by atoms with Gasteiger partial charge in [0, 0.05) is 110 Å². The van der Waals surface area contributed by atoms with Crippen LogP contribution in [0.3, 0.4) is 0 Å². The molecule has 4 fully saturated rings. The van der Waals surface area contributed by atoms with Crippen molar-refractivity contribution in [3.63, 3.8) is 0 Å².